The average Bonchev–Trinajstić information content (AvgIpc) is 3.11. The first-order valence-electron chi connectivity index (χ1n) is 10.8. The standard InChI is InChI=1S/C23H22ClF2N5O3S/c1-14-3-15(20(32)29-17-4-16(24)5-19(6-17)35(2,33)34)9-31(14)21-27-7-18(8-28-21)30-12-22(13-30)10-23(25,26)11-22/h3-9H,10-13H2,1-2H3,(H,29,32). The van der Waals surface area contributed by atoms with Crippen molar-refractivity contribution < 1.29 is 22.0 Å². The van der Waals surface area contributed by atoms with Crippen molar-refractivity contribution in [3.63, 3.8) is 0 Å². The summed E-state index contributed by atoms with van der Waals surface area (Å²) < 4.78 is 51.8. The van der Waals surface area contributed by atoms with Gasteiger partial charge in [-0.1, -0.05) is 11.6 Å². The van der Waals surface area contributed by atoms with Crippen molar-refractivity contribution in [2.45, 2.75) is 30.6 Å². The number of amides is 1. The summed E-state index contributed by atoms with van der Waals surface area (Å²) in [7, 11) is -3.50. The first-order chi connectivity index (χ1) is 16.3. The van der Waals surface area contributed by atoms with E-state index in [4.69, 9.17) is 11.6 Å². The fourth-order valence-electron chi connectivity index (χ4n) is 4.78. The third-order valence-corrected chi connectivity index (χ3v) is 7.67. The predicted octanol–water partition coefficient (Wildman–Crippen LogP) is 4.12. The van der Waals surface area contributed by atoms with Gasteiger partial charge in [0.2, 0.25) is 11.9 Å². The molecule has 0 unspecified atom stereocenters. The van der Waals surface area contributed by atoms with Gasteiger partial charge in [0.05, 0.1) is 28.5 Å². The van der Waals surface area contributed by atoms with Gasteiger partial charge < -0.3 is 10.2 Å². The summed E-state index contributed by atoms with van der Waals surface area (Å²) in [5, 5.41) is 2.85. The summed E-state index contributed by atoms with van der Waals surface area (Å²) in [4.78, 5) is 23.6. The van der Waals surface area contributed by atoms with E-state index in [9.17, 15) is 22.0 Å². The minimum atomic E-state index is -3.50. The van der Waals surface area contributed by atoms with Crippen LogP contribution in [0.4, 0.5) is 20.2 Å². The van der Waals surface area contributed by atoms with E-state index in [1.807, 2.05) is 4.90 Å². The van der Waals surface area contributed by atoms with Crippen LogP contribution in [0.2, 0.25) is 5.02 Å². The van der Waals surface area contributed by atoms with Crippen LogP contribution in [0.15, 0.2) is 47.8 Å². The molecular formula is C23H22ClF2N5O3S. The van der Waals surface area contributed by atoms with Crippen molar-refractivity contribution in [1.29, 1.82) is 0 Å². The number of alkyl halides is 2. The molecule has 1 saturated heterocycles. The molecule has 1 aliphatic heterocycles. The molecule has 3 aromatic rings. The highest BCUT2D eigenvalue weighted by Crippen LogP contribution is 2.57. The Morgan fingerprint density at radius 1 is 1.11 bits per heavy atom. The first kappa shape index (κ1) is 23.7. The number of halogens is 3. The second kappa shape index (κ2) is 7.99. The van der Waals surface area contributed by atoms with Crippen LogP contribution in [0.1, 0.15) is 28.9 Å². The Balaban J connectivity index is 1.28. The van der Waals surface area contributed by atoms with Crippen molar-refractivity contribution in [3.05, 3.63) is 59.1 Å². The fraction of sp³-hybridized carbons (Fsp3) is 0.348. The molecular weight excluding hydrogens is 500 g/mol. The molecule has 0 radical (unpaired) electrons. The molecule has 1 aromatic carbocycles. The van der Waals surface area contributed by atoms with Gasteiger partial charge in [0, 0.05) is 60.2 Å². The monoisotopic (exact) mass is 521 g/mol. The van der Waals surface area contributed by atoms with Gasteiger partial charge in [-0.2, -0.15) is 0 Å². The van der Waals surface area contributed by atoms with Crippen molar-refractivity contribution in [2.75, 3.05) is 29.6 Å². The van der Waals surface area contributed by atoms with Crippen molar-refractivity contribution in [2.24, 2.45) is 5.41 Å². The summed E-state index contributed by atoms with van der Waals surface area (Å²) >= 11 is 6.01. The Bertz CT molecular complexity index is 1420. The lowest BCUT2D eigenvalue weighted by molar-refractivity contribution is -0.170. The zero-order valence-electron chi connectivity index (χ0n) is 18.9. The molecule has 2 aromatic heterocycles. The normalized spacial score (nSPS) is 18.1. The van der Waals surface area contributed by atoms with Crippen molar-refractivity contribution in [3.8, 4) is 5.95 Å². The predicted molar refractivity (Wildman–Crippen MR) is 127 cm³/mol. The number of nitrogens with zero attached hydrogens (tertiary/aromatic N) is 4. The number of benzene rings is 1. The zero-order chi connectivity index (χ0) is 25.2. The molecule has 2 aliphatic rings. The van der Waals surface area contributed by atoms with Gasteiger partial charge in [0.1, 0.15) is 0 Å². The third kappa shape index (κ3) is 4.62. The lowest BCUT2D eigenvalue weighted by Gasteiger charge is -2.59. The summed E-state index contributed by atoms with van der Waals surface area (Å²) in [5.41, 5.74) is 1.77. The molecule has 184 valence electrons. The highest BCUT2D eigenvalue weighted by atomic mass is 35.5. The van der Waals surface area contributed by atoms with Crippen LogP contribution in [0.3, 0.4) is 0 Å². The molecule has 35 heavy (non-hydrogen) atoms. The van der Waals surface area contributed by atoms with Gasteiger partial charge in [-0.25, -0.2) is 27.2 Å². The number of hydrogen-bond donors (Lipinski definition) is 1. The van der Waals surface area contributed by atoms with E-state index in [-0.39, 0.29) is 33.9 Å². The number of aromatic nitrogens is 3. The van der Waals surface area contributed by atoms with Crippen LogP contribution in [0.25, 0.3) is 5.95 Å². The minimum absolute atomic E-state index is 0.00156. The van der Waals surface area contributed by atoms with Gasteiger partial charge >= 0.3 is 0 Å². The quantitative estimate of drug-likeness (QED) is 0.542. The second-order valence-electron chi connectivity index (χ2n) is 9.45. The number of carbonyl (C=O) groups excluding carboxylic acids is 1. The molecule has 1 saturated carbocycles. The Hall–Kier alpha value is -3.05. The summed E-state index contributed by atoms with van der Waals surface area (Å²) in [6.07, 6.45) is 5.80. The van der Waals surface area contributed by atoms with E-state index >= 15 is 0 Å². The average molecular weight is 522 g/mol. The number of hydrogen-bond acceptors (Lipinski definition) is 6. The SMILES string of the molecule is Cc1cc(C(=O)Nc2cc(Cl)cc(S(C)(=O)=O)c2)cn1-c1ncc(N2CC3(C2)CC(F)(F)C3)cn1. The first-order valence-corrected chi connectivity index (χ1v) is 13.1. The Morgan fingerprint density at radius 3 is 2.37 bits per heavy atom. The molecule has 5 rings (SSSR count). The lowest BCUT2D eigenvalue weighted by Crippen LogP contribution is -2.66. The third-order valence-electron chi connectivity index (χ3n) is 6.36. The highest BCUT2D eigenvalue weighted by molar-refractivity contribution is 7.90. The largest absolute Gasteiger partial charge is 0.368 e. The zero-order valence-corrected chi connectivity index (χ0v) is 20.5. The molecule has 1 spiro atoms. The number of carbonyl (C=O) groups is 1. The topological polar surface area (TPSA) is 97.2 Å². The second-order valence-corrected chi connectivity index (χ2v) is 11.9. The molecule has 1 amide bonds. The van der Waals surface area contributed by atoms with E-state index in [0.29, 0.717) is 30.3 Å². The molecule has 3 heterocycles. The van der Waals surface area contributed by atoms with Crippen LogP contribution in [-0.2, 0) is 9.84 Å². The van der Waals surface area contributed by atoms with E-state index in [1.165, 1.54) is 18.2 Å². The van der Waals surface area contributed by atoms with Gasteiger partial charge in [-0.3, -0.25) is 9.36 Å². The highest BCUT2D eigenvalue weighted by Gasteiger charge is 2.61. The lowest BCUT2D eigenvalue weighted by atomic mass is 9.61. The van der Waals surface area contributed by atoms with Gasteiger partial charge in [0.25, 0.3) is 5.91 Å². The molecule has 0 atom stereocenters. The number of nitrogens with one attached hydrogen (secondary N) is 1. The maximum Gasteiger partial charge on any atom is 0.257 e. The molecule has 2 fully saturated rings. The van der Waals surface area contributed by atoms with Gasteiger partial charge in [-0.05, 0) is 31.2 Å². The fourth-order valence-corrected chi connectivity index (χ4v) is 5.76. The number of sulfone groups is 1. The van der Waals surface area contributed by atoms with Crippen LogP contribution in [-0.4, -0.2) is 54.1 Å². The number of aryl methyl sites for hydroxylation is 1. The van der Waals surface area contributed by atoms with E-state index in [0.717, 1.165) is 11.9 Å². The Kier molecular flexibility index (Phi) is 5.41. The number of anilines is 2. The molecule has 0 bridgehead atoms. The smallest absolute Gasteiger partial charge is 0.257 e. The minimum Gasteiger partial charge on any atom is -0.368 e. The van der Waals surface area contributed by atoms with Crippen LogP contribution in [0, 0.1) is 12.3 Å². The van der Waals surface area contributed by atoms with E-state index in [1.54, 1.807) is 36.1 Å². The summed E-state index contributed by atoms with van der Waals surface area (Å²) in [6.45, 7) is 2.94. The van der Waals surface area contributed by atoms with Crippen molar-refractivity contribution in [1.82, 2.24) is 14.5 Å². The molecule has 1 N–H and O–H groups in total. The van der Waals surface area contributed by atoms with E-state index < -0.39 is 21.7 Å². The Labute approximate surface area is 205 Å². The van der Waals surface area contributed by atoms with Crippen LogP contribution < -0.4 is 10.2 Å². The van der Waals surface area contributed by atoms with Gasteiger partial charge in [-0.15, -0.1) is 0 Å². The molecule has 12 heteroatoms. The molecule has 1 aliphatic carbocycles. The Morgan fingerprint density at radius 2 is 1.77 bits per heavy atom. The summed E-state index contributed by atoms with van der Waals surface area (Å²) in [5.74, 6) is -2.63. The van der Waals surface area contributed by atoms with Crippen molar-refractivity contribution >= 4 is 38.7 Å². The maximum absolute atomic E-state index is 13.2. The van der Waals surface area contributed by atoms with Crippen LogP contribution >= 0.6 is 11.6 Å². The molecule has 8 nitrogen and oxygen atoms in total. The number of rotatable bonds is 5. The van der Waals surface area contributed by atoms with Crippen LogP contribution in [0.5, 0.6) is 0 Å². The maximum atomic E-state index is 13.2. The van der Waals surface area contributed by atoms with E-state index in [2.05, 4.69) is 15.3 Å². The van der Waals surface area contributed by atoms with Gasteiger partial charge in [0.15, 0.2) is 9.84 Å². The summed E-state index contributed by atoms with van der Waals surface area (Å²) in [6, 6.07) is 5.78.